The van der Waals surface area contributed by atoms with E-state index in [1.165, 1.54) is 0 Å². The Morgan fingerprint density at radius 3 is 2.50 bits per heavy atom. The highest BCUT2D eigenvalue weighted by molar-refractivity contribution is 14.1. The molecule has 3 N–H and O–H groups in total. The number of halogens is 3. The van der Waals surface area contributed by atoms with Crippen LogP contribution in [-0.2, 0) is 0 Å². The maximum atomic E-state index is 6.03. The van der Waals surface area contributed by atoms with Gasteiger partial charge in [-0.1, -0.05) is 23.2 Å². The second-order valence-electron chi connectivity index (χ2n) is 3.94. The maximum Gasteiger partial charge on any atom is 0.0656 e. The molecule has 0 spiro atoms. The molecule has 0 aliphatic heterocycles. The summed E-state index contributed by atoms with van der Waals surface area (Å²) in [5, 5.41) is 4.60. The molecule has 2 rings (SSSR count). The molecule has 2 nitrogen and oxygen atoms in total. The second-order valence-corrected chi connectivity index (χ2v) is 5.94. The van der Waals surface area contributed by atoms with Crippen LogP contribution in [0.2, 0.25) is 10.0 Å². The van der Waals surface area contributed by atoms with Gasteiger partial charge in [-0.05, 0) is 65.4 Å². The van der Waals surface area contributed by atoms with Crippen molar-refractivity contribution < 1.29 is 0 Å². The molecule has 2 aromatic carbocycles. The minimum Gasteiger partial charge on any atom is -0.398 e. The molecule has 0 atom stereocenters. The molecular weight excluding hydrogens is 382 g/mol. The van der Waals surface area contributed by atoms with Crippen LogP contribution in [-0.4, -0.2) is 0 Å². The highest BCUT2D eigenvalue weighted by Gasteiger charge is 2.06. The number of hydrogen-bond acceptors (Lipinski definition) is 2. The molecule has 0 amide bonds. The fourth-order valence-electron chi connectivity index (χ4n) is 1.57. The first kappa shape index (κ1) is 13.8. The SMILES string of the molecule is Cc1cc(N)c(Cl)cc1Nc1ccc(Cl)cc1I. The molecule has 0 aliphatic carbocycles. The van der Waals surface area contributed by atoms with E-state index < -0.39 is 0 Å². The molecular formula is C13H11Cl2IN2. The molecule has 94 valence electrons. The molecule has 0 saturated carbocycles. The van der Waals surface area contributed by atoms with Crippen molar-refractivity contribution in [1.29, 1.82) is 0 Å². The zero-order valence-corrected chi connectivity index (χ0v) is 13.3. The largest absolute Gasteiger partial charge is 0.398 e. The van der Waals surface area contributed by atoms with E-state index in [4.69, 9.17) is 28.9 Å². The summed E-state index contributed by atoms with van der Waals surface area (Å²) >= 11 is 14.2. The summed E-state index contributed by atoms with van der Waals surface area (Å²) in [6.45, 7) is 1.98. The van der Waals surface area contributed by atoms with E-state index in [0.29, 0.717) is 10.7 Å². The molecule has 0 radical (unpaired) electrons. The standard InChI is InChI=1S/C13H11Cl2IN2/c1-7-4-11(17)9(15)6-13(7)18-12-3-2-8(14)5-10(12)16/h2-6,18H,17H2,1H3. The van der Waals surface area contributed by atoms with Gasteiger partial charge >= 0.3 is 0 Å². The molecule has 5 heteroatoms. The van der Waals surface area contributed by atoms with Crippen LogP contribution >= 0.6 is 45.8 Å². The van der Waals surface area contributed by atoms with Gasteiger partial charge in [0.25, 0.3) is 0 Å². The predicted molar refractivity (Wildman–Crippen MR) is 88.1 cm³/mol. The van der Waals surface area contributed by atoms with E-state index in [-0.39, 0.29) is 0 Å². The summed E-state index contributed by atoms with van der Waals surface area (Å²) < 4.78 is 1.05. The van der Waals surface area contributed by atoms with E-state index in [1.54, 1.807) is 0 Å². The lowest BCUT2D eigenvalue weighted by molar-refractivity contribution is 1.42. The normalized spacial score (nSPS) is 10.4. The van der Waals surface area contributed by atoms with Gasteiger partial charge in [-0.25, -0.2) is 0 Å². The molecule has 0 unspecified atom stereocenters. The Labute approximate surface area is 130 Å². The van der Waals surface area contributed by atoms with Gasteiger partial charge in [0.05, 0.1) is 16.4 Å². The van der Waals surface area contributed by atoms with Gasteiger partial charge in [-0.2, -0.15) is 0 Å². The van der Waals surface area contributed by atoms with Crippen LogP contribution in [0.5, 0.6) is 0 Å². The van der Waals surface area contributed by atoms with Crippen LogP contribution in [0, 0.1) is 10.5 Å². The third kappa shape index (κ3) is 3.02. The number of hydrogen-bond donors (Lipinski definition) is 2. The van der Waals surface area contributed by atoms with Crippen molar-refractivity contribution in [3.8, 4) is 0 Å². The summed E-state index contributed by atoms with van der Waals surface area (Å²) in [6, 6.07) is 9.37. The summed E-state index contributed by atoms with van der Waals surface area (Å²) in [4.78, 5) is 0. The number of benzene rings is 2. The van der Waals surface area contributed by atoms with E-state index in [1.807, 2.05) is 37.3 Å². The molecule has 0 heterocycles. The van der Waals surface area contributed by atoms with E-state index >= 15 is 0 Å². The Balaban J connectivity index is 2.37. The van der Waals surface area contributed by atoms with Crippen LogP contribution in [0.25, 0.3) is 0 Å². The summed E-state index contributed by atoms with van der Waals surface area (Å²) in [5.74, 6) is 0. The topological polar surface area (TPSA) is 38.0 Å². The van der Waals surface area contributed by atoms with Gasteiger partial charge in [0.15, 0.2) is 0 Å². The summed E-state index contributed by atoms with van der Waals surface area (Å²) in [6.07, 6.45) is 0. The third-order valence-corrected chi connectivity index (χ3v) is 4.00. The van der Waals surface area contributed by atoms with Crippen molar-refractivity contribution in [2.45, 2.75) is 6.92 Å². The van der Waals surface area contributed by atoms with Crippen molar-refractivity contribution in [2.24, 2.45) is 0 Å². The number of nitrogens with two attached hydrogens (primary N) is 1. The van der Waals surface area contributed by atoms with Crippen LogP contribution < -0.4 is 11.1 Å². The Kier molecular flexibility index (Phi) is 4.25. The Morgan fingerprint density at radius 1 is 1.11 bits per heavy atom. The average Bonchev–Trinajstić information content (AvgIpc) is 2.29. The van der Waals surface area contributed by atoms with Gasteiger partial charge in [0, 0.05) is 14.3 Å². The fourth-order valence-corrected chi connectivity index (χ4v) is 2.74. The van der Waals surface area contributed by atoms with Crippen LogP contribution in [0.4, 0.5) is 17.1 Å². The van der Waals surface area contributed by atoms with Crippen molar-refractivity contribution >= 4 is 62.9 Å². The Bertz CT molecular complexity index is 600. The van der Waals surface area contributed by atoms with E-state index in [0.717, 1.165) is 25.5 Å². The lowest BCUT2D eigenvalue weighted by Gasteiger charge is -2.13. The van der Waals surface area contributed by atoms with Crippen molar-refractivity contribution in [3.05, 3.63) is 49.5 Å². The molecule has 0 fully saturated rings. The quantitative estimate of drug-likeness (QED) is 0.542. The smallest absolute Gasteiger partial charge is 0.0656 e. The van der Waals surface area contributed by atoms with Crippen molar-refractivity contribution in [2.75, 3.05) is 11.1 Å². The highest BCUT2D eigenvalue weighted by Crippen LogP contribution is 2.31. The van der Waals surface area contributed by atoms with E-state index in [9.17, 15) is 0 Å². The van der Waals surface area contributed by atoms with Crippen LogP contribution in [0.1, 0.15) is 5.56 Å². The number of nitrogen functional groups attached to an aromatic ring is 1. The zero-order valence-electron chi connectivity index (χ0n) is 9.60. The van der Waals surface area contributed by atoms with Gasteiger partial charge < -0.3 is 11.1 Å². The molecule has 0 aliphatic rings. The predicted octanol–water partition coefficient (Wildman–Crippen LogP) is 5.23. The first-order valence-corrected chi connectivity index (χ1v) is 7.08. The lowest BCUT2D eigenvalue weighted by atomic mass is 10.1. The van der Waals surface area contributed by atoms with Gasteiger partial charge in [0.2, 0.25) is 0 Å². The maximum absolute atomic E-state index is 6.03. The zero-order chi connectivity index (χ0) is 13.3. The number of nitrogens with one attached hydrogen (secondary N) is 1. The first-order valence-electron chi connectivity index (χ1n) is 5.25. The number of aryl methyl sites for hydroxylation is 1. The average molecular weight is 393 g/mol. The summed E-state index contributed by atoms with van der Waals surface area (Å²) in [7, 11) is 0. The lowest BCUT2D eigenvalue weighted by Crippen LogP contribution is -1.97. The Morgan fingerprint density at radius 2 is 1.83 bits per heavy atom. The molecule has 0 saturated heterocycles. The first-order chi connectivity index (χ1) is 8.47. The van der Waals surface area contributed by atoms with Crippen molar-refractivity contribution in [3.63, 3.8) is 0 Å². The van der Waals surface area contributed by atoms with Gasteiger partial charge in [0.1, 0.15) is 0 Å². The Hall–Kier alpha value is -0.650. The third-order valence-electron chi connectivity index (χ3n) is 2.54. The van der Waals surface area contributed by atoms with E-state index in [2.05, 4.69) is 27.9 Å². The second kappa shape index (κ2) is 5.55. The minimum absolute atomic E-state index is 0.548. The van der Waals surface area contributed by atoms with Crippen LogP contribution in [0.15, 0.2) is 30.3 Å². The van der Waals surface area contributed by atoms with Crippen molar-refractivity contribution in [1.82, 2.24) is 0 Å². The van der Waals surface area contributed by atoms with Crippen LogP contribution in [0.3, 0.4) is 0 Å². The number of rotatable bonds is 2. The highest BCUT2D eigenvalue weighted by atomic mass is 127. The molecule has 18 heavy (non-hydrogen) atoms. The van der Waals surface area contributed by atoms with Gasteiger partial charge in [-0.3, -0.25) is 0 Å². The monoisotopic (exact) mass is 392 g/mol. The molecule has 2 aromatic rings. The molecule has 0 aromatic heterocycles. The van der Waals surface area contributed by atoms with Gasteiger partial charge in [-0.15, -0.1) is 0 Å². The minimum atomic E-state index is 0.548. The number of anilines is 3. The fraction of sp³-hybridized carbons (Fsp3) is 0.0769. The summed E-state index contributed by atoms with van der Waals surface area (Å²) in [5.41, 5.74) is 9.32. The molecule has 0 bridgehead atoms.